The molecule has 1 heterocycles. The lowest BCUT2D eigenvalue weighted by atomic mass is 9.94. The first kappa shape index (κ1) is 15.0. The minimum absolute atomic E-state index is 0.0836. The number of rotatable bonds is 3. The first-order chi connectivity index (χ1) is 9.50. The van der Waals surface area contributed by atoms with Crippen LogP contribution >= 0.6 is 12.2 Å². The van der Waals surface area contributed by atoms with Gasteiger partial charge in [-0.2, -0.15) is 0 Å². The number of nitrogens with two attached hydrogens (primary N) is 1. The highest BCUT2D eigenvalue weighted by Gasteiger charge is 2.30. The Morgan fingerprint density at radius 1 is 1.20 bits per heavy atom. The van der Waals surface area contributed by atoms with Crippen molar-refractivity contribution in [2.45, 2.75) is 26.7 Å². The summed E-state index contributed by atoms with van der Waals surface area (Å²) in [5.74, 6) is -0.114. The summed E-state index contributed by atoms with van der Waals surface area (Å²) in [6, 6.07) is 8.41. The van der Waals surface area contributed by atoms with Crippen LogP contribution in [0.25, 0.3) is 0 Å². The molecular formula is C16H22N2OS. The van der Waals surface area contributed by atoms with Gasteiger partial charge < -0.3 is 10.6 Å². The Balaban J connectivity index is 2.12. The highest BCUT2D eigenvalue weighted by molar-refractivity contribution is 7.80. The van der Waals surface area contributed by atoms with Crippen LogP contribution in [0.3, 0.4) is 0 Å². The minimum atomic E-state index is -0.341. The van der Waals surface area contributed by atoms with Crippen LogP contribution in [0.2, 0.25) is 0 Å². The van der Waals surface area contributed by atoms with Crippen molar-refractivity contribution in [1.29, 1.82) is 0 Å². The third kappa shape index (κ3) is 3.18. The van der Waals surface area contributed by atoms with Gasteiger partial charge in [0.1, 0.15) is 0 Å². The van der Waals surface area contributed by atoms with Gasteiger partial charge in [0.05, 0.1) is 10.9 Å². The number of hydrogen-bond acceptors (Lipinski definition) is 2. The van der Waals surface area contributed by atoms with E-state index < -0.39 is 0 Å². The van der Waals surface area contributed by atoms with Crippen LogP contribution in [0.4, 0.5) is 0 Å². The average Bonchev–Trinajstić information content (AvgIpc) is 2.60. The summed E-state index contributed by atoms with van der Waals surface area (Å²) in [7, 11) is 0. The van der Waals surface area contributed by atoms with Crippen molar-refractivity contribution in [3.63, 3.8) is 0 Å². The lowest BCUT2D eigenvalue weighted by Gasteiger charge is -2.27. The van der Waals surface area contributed by atoms with Crippen LogP contribution in [-0.4, -0.2) is 28.9 Å². The van der Waals surface area contributed by atoms with Crippen molar-refractivity contribution in [3.8, 4) is 0 Å². The molecule has 3 nitrogen and oxygen atoms in total. The van der Waals surface area contributed by atoms with E-state index in [0.717, 1.165) is 25.9 Å². The van der Waals surface area contributed by atoms with Crippen LogP contribution in [0.1, 0.15) is 25.0 Å². The van der Waals surface area contributed by atoms with Crippen molar-refractivity contribution in [2.24, 2.45) is 17.6 Å². The summed E-state index contributed by atoms with van der Waals surface area (Å²) in [5.41, 5.74) is 8.45. The third-order valence-corrected chi connectivity index (χ3v) is 4.23. The van der Waals surface area contributed by atoms with E-state index in [1.165, 1.54) is 11.1 Å². The Bertz CT molecular complexity index is 486. The van der Waals surface area contributed by atoms with Gasteiger partial charge in [0.25, 0.3) is 0 Å². The second-order valence-corrected chi connectivity index (χ2v) is 6.19. The van der Waals surface area contributed by atoms with Crippen molar-refractivity contribution in [2.75, 3.05) is 13.1 Å². The van der Waals surface area contributed by atoms with E-state index >= 15 is 0 Å². The second-order valence-electron chi connectivity index (χ2n) is 5.72. The first-order valence-corrected chi connectivity index (χ1v) is 7.56. The standard InChI is InChI=1S/C16H22N2OS/c1-11(2)14(15(17)20)16(19)18-9-7-12-5-3-4-6-13(12)8-10-18/h3-6,11,14H,7-10H2,1-2H3,(H2,17,20). The molecule has 0 saturated heterocycles. The Morgan fingerprint density at radius 2 is 1.70 bits per heavy atom. The second kappa shape index (κ2) is 6.35. The Hall–Kier alpha value is -1.42. The van der Waals surface area contributed by atoms with Crippen LogP contribution in [0.5, 0.6) is 0 Å². The zero-order valence-electron chi connectivity index (χ0n) is 12.1. The third-order valence-electron chi connectivity index (χ3n) is 3.97. The van der Waals surface area contributed by atoms with E-state index in [-0.39, 0.29) is 17.7 Å². The molecule has 0 saturated carbocycles. The summed E-state index contributed by atoms with van der Waals surface area (Å²) >= 11 is 5.07. The molecule has 2 rings (SSSR count). The number of benzene rings is 1. The van der Waals surface area contributed by atoms with Gasteiger partial charge in [-0.25, -0.2) is 0 Å². The number of hydrogen-bond donors (Lipinski definition) is 1. The molecule has 108 valence electrons. The van der Waals surface area contributed by atoms with E-state index in [0.29, 0.717) is 4.99 Å². The predicted octanol–water partition coefficient (Wildman–Crippen LogP) is 2.17. The zero-order valence-corrected chi connectivity index (χ0v) is 13.0. The lowest BCUT2D eigenvalue weighted by molar-refractivity contribution is -0.134. The Kier molecular flexibility index (Phi) is 4.76. The van der Waals surface area contributed by atoms with Crippen LogP contribution in [-0.2, 0) is 17.6 Å². The van der Waals surface area contributed by atoms with Crippen molar-refractivity contribution >= 4 is 23.1 Å². The summed E-state index contributed by atoms with van der Waals surface area (Å²) in [6.07, 6.45) is 1.81. The maximum Gasteiger partial charge on any atom is 0.232 e. The molecule has 0 fully saturated rings. The molecule has 0 spiro atoms. The molecule has 1 aliphatic heterocycles. The average molecular weight is 290 g/mol. The molecule has 0 bridgehead atoms. The molecule has 4 heteroatoms. The van der Waals surface area contributed by atoms with Crippen molar-refractivity contribution in [1.82, 2.24) is 4.90 Å². The monoisotopic (exact) mass is 290 g/mol. The largest absolute Gasteiger partial charge is 0.393 e. The maximum atomic E-state index is 12.6. The van der Waals surface area contributed by atoms with Crippen molar-refractivity contribution in [3.05, 3.63) is 35.4 Å². The number of carbonyl (C=O) groups excluding carboxylic acids is 1. The van der Waals surface area contributed by atoms with Crippen LogP contribution < -0.4 is 5.73 Å². The molecule has 1 unspecified atom stereocenters. The SMILES string of the molecule is CC(C)C(C(=O)N1CCc2ccccc2CC1)C(N)=S. The molecule has 2 N–H and O–H groups in total. The highest BCUT2D eigenvalue weighted by Crippen LogP contribution is 2.20. The summed E-state index contributed by atoms with van der Waals surface area (Å²) in [4.78, 5) is 14.9. The van der Waals surface area contributed by atoms with Crippen molar-refractivity contribution < 1.29 is 4.79 Å². The smallest absolute Gasteiger partial charge is 0.232 e. The number of fused-ring (bicyclic) bond motifs is 1. The minimum Gasteiger partial charge on any atom is -0.393 e. The van der Waals surface area contributed by atoms with E-state index in [2.05, 4.69) is 24.3 Å². The molecule has 0 aliphatic carbocycles. The number of carbonyl (C=O) groups is 1. The predicted molar refractivity (Wildman–Crippen MR) is 85.5 cm³/mol. The molecule has 20 heavy (non-hydrogen) atoms. The fourth-order valence-electron chi connectivity index (χ4n) is 2.82. The van der Waals surface area contributed by atoms with E-state index in [1.54, 1.807) is 0 Å². The number of thiocarbonyl (C=S) groups is 1. The van der Waals surface area contributed by atoms with Crippen LogP contribution in [0, 0.1) is 11.8 Å². The summed E-state index contributed by atoms with van der Waals surface area (Å²) < 4.78 is 0. The van der Waals surface area contributed by atoms with Gasteiger partial charge in [0.2, 0.25) is 5.91 Å². The van der Waals surface area contributed by atoms with Gasteiger partial charge in [-0.15, -0.1) is 0 Å². The summed E-state index contributed by atoms with van der Waals surface area (Å²) in [5, 5.41) is 0. The van der Waals surface area contributed by atoms with Gasteiger partial charge in [0.15, 0.2) is 0 Å². The van der Waals surface area contributed by atoms with E-state index in [4.69, 9.17) is 18.0 Å². The quantitative estimate of drug-likeness (QED) is 0.868. The van der Waals surface area contributed by atoms with E-state index in [1.807, 2.05) is 18.7 Å². The summed E-state index contributed by atoms with van der Waals surface area (Å²) in [6.45, 7) is 5.49. The van der Waals surface area contributed by atoms with E-state index in [9.17, 15) is 4.79 Å². The fourth-order valence-corrected chi connectivity index (χ4v) is 3.19. The maximum absolute atomic E-state index is 12.6. The fraction of sp³-hybridized carbons (Fsp3) is 0.500. The molecule has 1 amide bonds. The molecule has 1 aromatic rings. The molecular weight excluding hydrogens is 268 g/mol. The van der Waals surface area contributed by atoms with Gasteiger partial charge in [-0.05, 0) is 29.9 Å². The number of amides is 1. The Labute approximate surface area is 126 Å². The van der Waals surface area contributed by atoms with Gasteiger partial charge in [-0.1, -0.05) is 50.3 Å². The Morgan fingerprint density at radius 3 is 2.10 bits per heavy atom. The van der Waals surface area contributed by atoms with Crippen LogP contribution in [0.15, 0.2) is 24.3 Å². The van der Waals surface area contributed by atoms with Gasteiger partial charge in [-0.3, -0.25) is 4.79 Å². The molecule has 1 aliphatic rings. The number of nitrogens with zero attached hydrogens (tertiary/aromatic N) is 1. The van der Waals surface area contributed by atoms with Gasteiger partial charge >= 0.3 is 0 Å². The molecule has 1 aromatic carbocycles. The normalized spacial score (nSPS) is 16.4. The topological polar surface area (TPSA) is 46.3 Å². The first-order valence-electron chi connectivity index (χ1n) is 7.15. The lowest BCUT2D eigenvalue weighted by Crippen LogP contribution is -2.44. The van der Waals surface area contributed by atoms with Gasteiger partial charge in [0, 0.05) is 13.1 Å². The molecule has 0 aromatic heterocycles. The molecule has 1 atom stereocenters. The highest BCUT2D eigenvalue weighted by atomic mass is 32.1. The molecule has 0 radical (unpaired) electrons. The zero-order chi connectivity index (χ0) is 14.7.